The Hall–Kier alpha value is -0.630. The highest BCUT2D eigenvalue weighted by Crippen LogP contribution is 2.21. The fourth-order valence-corrected chi connectivity index (χ4v) is 2.17. The Morgan fingerprint density at radius 2 is 2.07 bits per heavy atom. The van der Waals surface area contributed by atoms with E-state index in [1.165, 1.54) is 29.8 Å². The first-order valence-corrected chi connectivity index (χ1v) is 5.83. The summed E-state index contributed by atoms with van der Waals surface area (Å²) in [6.45, 7) is 0. The van der Waals surface area contributed by atoms with Gasteiger partial charge in [-0.1, -0.05) is 0 Å². The molecule has 0 spiro atoms. The van der Waals surface area contributed by atoms with Crippen LogP contribution in [0.2, 0.25) is 0 Å². The molecule has 76 valence electrons. The fraction of sp³-hybridized carbons (Fsp3) is 0.636. The predicted molar refractivity (Wildman–Crippen MR) is 57.7 cm³/mol. The van der Waals surface area contributed by atoms with E-state index in [9.17, 15) is 0 Å². The third-order valence-electron chi connectivity index (χ3n) is 2.76. The number of hydrogen-bond acceptors (Lipinski definition) is 2. The minimum absolute atomic E-state index is 0.721. The Labute approximate surface area is 89.7 Å². The van der Waals surface area contributed by atoms with Crippen LogP contribution in [0.15, 0.2) is 6.33 Å². The lowest BCUT2D eigenvalue weighted by Crippen LogP contribution is -2.10. The normalized spacial score (nSPS) is 15.2. The summed E-state index contributed by atoms with van der Waals surface area (Å²) in [6.07, 6.45) is 8.58. The van der Waals surface area contributed by atoms with Crippen molar-refractivity contribution in [3.8, 4) is 0 Å². The van der Waals surface area contributed by atoms with E-state index in [0.717, 1.165) is 31.6 Å². The van der Waals surface area contributed by atoms with Gasteiger partial charge in [-0.2, -0.15) is 0 Å². The molecule has 0 bridgehead atoms. The van der Waals surface area contributed by atoms with Crippen molar-refractivity contribution in [2.24, 2.45) is 0 Å². The van der Waals surface area contributed by atoms with Crippen molar-refractivity contribution < 1.29 is 0 Å². The number of fused-ring (bicyclic) bond motifs is 1. The molecule has 0 aliphatic heterocycles. The summed E-state index contributed by atoms with van der Waals surface area (Å²) in [5, 5.41) is 0. The van der Waals surface area contributed by atoms with Gasteiger partial charge in [0.1, 0.15) is 6.33 Å². The molecular formula is C11H15ClN2. The molecule has 3 heteroatoms. The van der Waals surface area contributed by atoms with Crippen LogP contribution in [0.25, 0.3) is 0 Å². The van der Waals surface area contributed by atoms with Crippen molar-refractivity contribution in [2.45, 2.75) is 38.5 Å². The number of alkyl halides is 1. The molecule has 0 unspecified atom stereocenters. The SMILES string of the molecule is ClCCCc1ncnc2c1CCCC2. The Morgan fingerprint density at radius 3 is 2.93 bits per heavy atom. The van der Waals surface area contributed by atoms with Crippen molar-refractivity contribution in [1.82, 2.24) is 9.97 Å². The third-order valence-corrected chi connectivity index (χ3v) is 3.03. The first-order valence-electron chi connectivity index (χ1n) is 5.29. The maximum Gasteiger partial charge on any atom is 0.115 e. The predicted octanol–water partition coefficient (Wildman–Crippen LogP) is 2.53. The molecule has 0 atom stereocenters. The average Bonchev–Trinajstić information content (AvgIpc) is 2.26. The molecule has 2 rings (SSSR count). The Bertz CT molecular complexity index is 312. The third kappa shape index (κ3) is 2.06. The summed E-state index contributed by atoms with van der Waals surface area (Å²) in [5.74, 6) is 0.721. The van der Waals surface area contributed by atoms with Gasteiger partial charge in [-0.25, -0.2) is 9.97 Å². The van der Waals surface area contributed by atoms with Crippen LogP contribution < -0.4 is 0 Å². The van der Waals surface area contributed by atoms with Crippen molar-refractivity contribution in [1.29, 1.82) is 0 Å². The molecule has 1 heterocycles. The van der Waals surface area contributed by atoms with Crippen LogP contribution in [0, 0.1) is 0 Å². The lowest BCUT2D eigenvalue weighted by atomic mass is 9.93. The Morgan fingerprint density at radius 1 is 1.21 bits per heavy atom. The molecule has 0 amide bonds. The van der Waals surface area contributed by atoms with Crippen LogP contribution in [0.3, 0.4) is 0 Å². The average molecular weight is 211 g/mol. The number of aromatic nitrogens is 2. The number of aryl methyl sites for hydroxylation is 2. The fourth-order valence-electron chi connectivity index (χ4n) is 2.04. The maximum absolute atomic E-state index is 5.69. The number of rotatable bonds is 3. The van der Waals surface area contributed by atoms with E-state index in [1.807, 2.05) is 0 Å². The van der Waals surface area contributed by atoms with E-state index in [1.54, 1.807) is 6.33 Å². The smallest absolute Gasteiger partial charge is 0.115 e. The topological polar surface area (TPSA) is 25.8 Å². The van der Waals surface area contributed by atoms with Gasteiger partial charge in [0, 0.05) is 17.3 Å². The zero-order chi connectivity index (χ0) is 9.80. The van der Waals surface area contributed by atoms with Crippen LogP contribution in [0.5, 0.6) is 0 Å². The number of halogens is 1. The molecule has 1 aromatic rings. The van der Waals surface area contributed by atoms with Crippen LogP contribution in [0.4, 0.5) is 0 Å². The van der Waals surface area contributed by atoms with E-state index in [0.29, 0.717) is 0 Å². The van der Waals surface area contributed by atoms with Gasteiger partial charge in [-0.3, -0.25) is 0 Å². The maximum atomic E-state index is 5.69. The zero-order valence-corrected chi connectivity index (χ0v) is 9.06. The monoisotopic (exact) mass is 210 g/mol. The summed E-state index contributed by atoms with van der Waals surface area (Å²) < 4.78 is 0. The van der Waals surface area contributed by atoms with Gasteiger partial charge in [0.25, 0.3) is 0 Å². The van der Waals surface area contributed by atoms with Gasteiger partial charge in [0.15, 0.2) is 0 Å². The molecule has 0 radical (unpaired) electrons. The molecule has 0 fully saturated rings. The molecule has 0 saturated carbocycles. The minimum Gasteiger partial charge on any atom is -0.241 e. The summed E-state index contributed by atoms with van der Waals surface area (Å²) >= 11 is 5.69. The van der Waals surface area contributed by atoms with E-state index in [-0.39, 0.29) is 0 Å². The molecule has 1 aromatic heterocycles. The summed E-state index contributed by atoms with van der Waals surface area (Å²) in [7, 11) is 0. The van der Waals surface area contributed by atoms with Gasteiger partial charge in [-0.05, 0) is 44.1 Å². The molecule has 0 N–H and O–H groups in total. The standard InChI is InChI=1S/C11H15ClN2/c12-7-3-6-11-9-4-1-2-5-10(9)13-8-14-11/h8H,1-7H2. The summed E-state index contributed by atoms with van der Waals surface area (Å²) in [6, 6.07) is 0. The van der Waals surface area contributed by atoms with Gasteiger partial charge in [0.2, 0.25) is 0 Å². The highest BCUT2D eigenvalue weighted by Gasteiger charge is 2.14. The van der Waals surface area contributed by atoms with Crippen molar-refractivity contribution in [3.05, 3.63) is 23.3 Å². The quantitative estimate of drug-likeness (QED) is 0.717. The number of nitrogens with zero attached hydrogens (tertiary/aromatic N) is 2. The number of hydrogen-bond donors (Lipinski definition) is 0. The Kier molecular flexibility index (Phi) is 3.35. The first kappa shape index (κ1) is 9.91. The second kappa shape index (κ2) is 4.74. The lowest BCUT2D eigenvalue weighted by molar-refractivity contribution is 0.648. The van der Waals surface area contributed by atoms with Crippen molar-refractivity contribution in [3.63, 3.8) is 0 Å². The molecule has 0 saturated heterocycles. The lowest BCUT2D eigenvalue weighted by Gasteiger charge is -2.16. The molecular weight excluding hydrogens is 196 g/mol. The molecule has 1 aliphatic carbocycles. The van der Waals surface area contributed by atoms with E-state index in [2.05, 4.69) is 9.97 Å². The second-order valence-electron chi connectivity index (χ2n) is 3.75. The second-order valence-corrected chi connectivity index (χ2v) is 4.12. The van der Waals surface area contributed by atoms with Crippen LogP contribution >= 0.6 is 11.6 Å². The first-order chi connectivity index (χ1) is 6.92. The van der Waals surface area contributed by atoms with E-state index >= 15 is 0 Å². The minimum atomic E-state index is 0.721. The molecule has 14 heavy (non-hydrogen) atoms. The van der Waals surface area contributed by atoms with E-state index < -0.39 is 0 Å². The zero-order valence-electron chi connectivity index (χ0n) is 8.30. The van der Waals surface area contributed by atoms with Crippen molar-refractivity contribution in [2.75, 3.05) is 5.88 Å². The van der Waals surface area contributed by atoms with Gasteiger partial charge >= 0.3 is 0 Å². The largest absolute Gasteiger partial charge is 0.241 e. The van der Waals surface area contributed by atoms with Gasteiger partial charge < -0.3 is 0 Å². The van der Waals surface area contributed by atoms with Crippen LogP contribution in [-0.2, 0) is 19.3 Å². The molecule has 1 aliphatic rings. The molecule has 2 nitrogen and oxygen atoms in total. The van der Waals surface area contributed by atoms with Crippen LogP contribution in [0.1, 0.15) is 36.2 Å². The van der Waals surface area contributed by atoms with Crippen LogP contribution in [-0.4, -0.2) is 15.8 Å². The summed E-state index contributed by atoms with van der Waals surface area (Å²) in [5.41, 5.74) is 3.91. The van der Waals surface area contributed by atoms with E-state index in [4.69, 9.17) is 11.6 Å². The van der Waals surface area contributed by atoms with Gasteiger partial charge in [-0.15, -0.1) is 11.6 Å². The van der Waals surface area contributed by atoms with Crippen molar-refractivity contribution >= 4 is 11.6 Å². The van der Waals surface area contributed by atoms with Gasteiger partial charge in [0.05, 0.1) is 0 Å². The Balaban J connectivity index is 2.21. The highest BCUT2D eigenvalue weighted by atomic mass is 35.5. The summed E-state index contributed by atoms with van der Waals surface area (Å²) in [4.78, 5) is 8.70. The molecule has 0 aromatic carbocycles. The highest BCUT2D eigenvalue weighted by molar-refractivity contribution is 6.17.